The number of halogens is 1. The summed E-state index contributed by atoms with van der Waals surface area (Å²) >= 11 is 3.55. The standard InChI is InChI=1S/C22H24BrN3O/c1-25(2)17-10-11-26(14-17)13-15-6-8-16(9-7-15)21-12-19-18(22(27)24-21)4-3-5-20(19)23/h3-9,12,17H,10-11,13-14H2,1-2H3,(H,24,27). The van der Waals surface area contributed by atoms with Crippen LogP contribution in [0.4, 0.5) is 0 Å². The average molecular weight is 426 g/mol. The van der Waals surface area contributed by atoms with Crippen molar-refractivity contribution in [2.45, 2.75) is 19.0 Å². The first-order valence-electron chi connectivity index (χ1n) is 9.31. The molecule has 1 aliphatic rings. The van der Waals surface area contributed by atoms with Gasteiger partial charge < -0.3 is 9.88 Å². The summed E-state index contributed by atoms with van der Waals surface area (Å²) in [4.78, 5) is 20.3. The number of hydrogen-bond acceptors (Lipinski definition) is 3. The van der Waals surface area contributed by atoms with Crippen molar-refractivity contribution in [1.82, 2.24) is 14.8 Å². The van der Waals surface area contributed by atoms with Crippen molar-refractivity contribution in [3.05, 3.63) is 68.9 Å². The molecule has 1 aliphatic heterocycles. The van der Waals surface area contributed by atoms with Crippen LogP contribution in [0.1, 0.15) is 12.0 Å². The van der Waals surface area contributed by atoms with E-state index in [4.69, 9.17) is 0 Å². The Labute approximate surface area is 167 Å². The van der Waals surface area contributed by atoms with Gasteiger partial charge in [0.05, 0.1) is 0 Å². The number of fused-ring (bicyclic) bond motifs is 1. The largest absolute Gasteiger partial charge is 0.321 e. The summed E-state index contributed by atoms with van der Waals surface area (Å²) in [5.74, 6) is 0. The van der Waals surface area contributed by atoms with Crippen molar-refractivity contribution in [1.29, 1.82) is 0 Å². The molecule has 4 rings (SSSR count). The number of benzene rings is 2. The van der Waals surface area contributed by atoms with Gasteiger partial charge in [-0.3, -0.25) is 9.69 Å². The molecule has 1 fully saturated rings. The number of likely N-dealkylation sites (N-methyl/N-ethyl adjacent to an activating group) is 1. The molecule has 1 atom stereocenters. The molecule has 3 aromatic rings. The highest BCUT2D eigenvalue weighted by Crippen LogP contribution is 2.26. The summed E-state index contributed by atoms with van der Waals surface area (Å²) in [5.41, 5.74) is 3.13. The van der Waals surface area contributed by atoms with Crippen LogP contribution in [0.15, 0.2) is 57.8 Å². The van der Waals surface area contributed by atoms with Gasteiger partial charge in [0.25, 0.3) is 5.56 Å². The SMILES string of the molecule is CN(C)C1CCN(Cc2ccc(-c3cc4c(Br)cccc4c(=O)[nH]3)cc2)C1. The average Bonchev–Trinajstić information content (AvgIpc) is 3.12. The molecule has 0 bridgehead atoms. The van der Waals surface area contributed by atoms with Crippen molar-refractivity contribution < 1.29 is 0 Å². The van der Waals surface area contributed by atoms with Crippen molar-refractivity contribution in [2.24, 2.45) is 0 Å². The molecule has 0 spiro atoms. The minimum Gasteiger partial charge on any atom is -0.321 e. The summed E-state index contributed by atoms with van der Waals surface area (Å²) < 4.78 is 0.938. The van der Waals surface area contributed by atoms with E-state index in [1.165, 1.54) is 12.0 Å². The fourth-order valence-electron chi connectivity index (χ4n) is 3.83. The van der Waals surface area contributed by atoms with Crippen LogP contribution in [0.3, 0.4) is 0 Å². The Hall–Kier alpha value is -1.95. The van der Waals surface area contributed by atoms with Crippen molar-refractivity contribution in [3.63, 3.8) is 0 Å². The molecule has 27 heavy (non-hydrogen) atoms. The minimum absolute atomic E-state index is 0.0559. The van der Waals surface area contributed by atoms with Crippen molar-refractivity contribution >= 4 is 26.7 Å². The Bertz CT molecular complexity index is 1010. The summed E-state index contributed by atoms with van der Waals surface area (Å²) in [6.07, 6.45) is 1.23. The van der Waals surface area contributed by atoms with Crippen molar-refractivity contribution in [3.8, 4) is 11.3 Å². The number of aromatic amines is 1. The highest BCUT2D eigenvalue weighted by Gasteiger charge is 2.23. The van der Waals surface area contributed by atoms with E-state index in [1.807, 2.05) is 24.3 Å². The highest BCUT2D eigenvalue weighted by atomic mass is 79.9. The maximum atomic E-state index is 12.4. The normalized spacial score (nSPS) is 17.9. The van der Waals surface area contributed by atoms with Crippen LogP contribution >= 0.6 is 15.9 Å². The molecule has 4 nitrogen and oxygen atoms in total. The van der Waals surface area contributed by atoms with Gasteiger partial charge in [-0.15, -0.1) is 0 Å². The van der Waals surface area contributed by atoms with Gasteiger partial charge in [-0.2, -0.15) is 0 Å². The smallest absolute Gasteiger partial charge is 0.256 e. The molecule has 0 radical (unpaired) electrons. The third kappa shape index (κ3) is 3.86. The molecule has 1 saturated heterocycles. The second kappa shape index (κ2) is 7.58. The number of likely N-dealkylation sites (tertiary alicyclic amines) is 1. The van der Waals surface area contributed by atoms with E-state index < -0.39 is 0 Å². The minimum atomic E-state index is -0.0559. The molecule has 5 heteroatoms. The quantitative estimate of drug-likeness (QED) is 0.683. The predicted octanol–water partition coefficient (Wildman–Crippen LogP) is 4.09. The van der Waals surface area contributed by atoms with Crippen LogP contribution in [0.5, 0.6) is 0 Å². The van der Waals surface area contributed by atoms with E-state index in [0.717, 1.165) is 40.8 Å². The van der Waals surface area contributed by atoms with Gasteiger partial charge in [-0.25, -0.2) is 0 Å². The number of rotatable bonds is 4. The zero-order valence-corrected chi connectivity index (χ0v) is 17.3. The molecule has 1 aromatic heterocycles. The van der Waals surface area contributed by atoms with E-state index in [0.29, 0.717) is 11.4 Å². The molecule has 1 unspecified atom stereocenters. The number of pyridine rings is 1. The first kappa shape index (κ1) is 18.4. The Morgan fingerprint density at radius 3 is 2.63 bits per heavy atom. The zero-order chi connectivity index (χ0) is 19.0. The van der Waals surface area contributed by atoms with Gasteiger partial charge in [-0.05, 0) is 49.8 Å². The Balaban J connectivity index is 1.55. The van der Waals surface area contributed by atoms with E-state index >= 15 is 0 Å². The van der Waals surface area contributed by atoms with Gasteiger partial charge in [0, 0.05) is 46.6 Å². The number of aromatic nitrogens is 1. The third-order valence-electron chi connectivity index (χ3n) is 5.48. The van der Waals surface area contributed by atoms with Crippen LogP contribution in [-0.2, 0) is 6.54 Å². The highest BCUT2D eigenvalue weighted by molar-refractivity contribution is 9.10. The van der Waals surface area contributed by atoms with Crippen LogP contribution in [-0.4, -0.2) is 48.0 Å². The van der Waals surface area contributed by atoms with Gasteiger partial charge in [-0.1, -0.05) is 46.3 Å². The second-order valence-corrected chi connectivity index (χ2v) is 8.41. The Morgan fingerprint density at radius 1 is 1.15 bits per heavy atom. The maximum absolute atomic E-state index is 12.4. The monoisotopic (exact) mass is 425 g/mol. The Kier molecular flexibility index (Phi) is 5.17. The van der Waals surface area contributed by atoms with Crippen LogP contribution < -0.4 is 5.56 Å². The lowest BCUT2D eigenvalue weighted by Crippen LogP contribution is -2.31. The number of nitrogens with zero attached hydrogens (tertiary/aromatic N) is 2. The molecular formula is C22H24BrN3O. The zero-order valence-electron chi connectivity index (χ0n) is 15.7. The summed E-state index contributed by atoms with van der Waals surface area (Å²) in [7, 11) is 4.32. The molecule has 2 aromatic carbocycles. The third-order valence-corrected chi connectivity index (χ3v) is 6.17. The van der Waals surface area contributed by atoms with E-state index in [9.17, 15) is 4.79 Å². The Morgan fingerprint density at radius 2 is 1.93 bits per heavy atom. The van der Waals surface area contributed by atoms with Crippen LogP contribution in [0, 0.1) is 0 Å². The molecule has 1 N–H and O–H groups in total. The first-order chi connectivity index (χ1) is 13.0. The van der Waals surface area contributed by atoms with Crippen molar-refractivity contribution in [2.75, 3.05) is 27.2 Å². The maximum Gasteiger partial charge on any atom is 0.256 e. The van der Waals surface area contributed by atoms with E-state index in [-0.39, 0.29) is 5.56 Å². The fourth-order valence-corrected chi connectivity index (χ4v) is 4.31. The van der Waals surface area contributed by atoms with E-state index in [2.05, 4.69) is 69.1 Å². The molecule has 140 valence electrons. The number of nitrogens with one attached hydrogen (secondary N) is 1. The molecule has 0 amide bonds. The summed E-state index contributed by atoms with van der Waals surface area (Å²) in [6.45, 7) is 3.25. The number of hydrogen-bond donors (Lipinski definition) is 1. The summed E-state index contributed by atoms with van der Waals surface area (Å²) in [6, 6.07) is 16.9. The van der Waals surface area contributed by atoms with Gasteiger partial charge in [0.15, 0.2) is 0 Å². The van der Waals surface area contributed by atoms with Gasteiger partial charge >= 0.3 is 0 Å². The molecular weight excluding hydrogens is 402 g/mol. The lowest BCUT2D eigenvalue weighted by atomic mass is 10.1. The second-order valence-electron chi connectivity index (χ2n) is 7.55. The topological polar surface area (TPSA) is 39.3 Å². The van der Waals surface area contributed by atoms with Crippen LogP contribution in [0.25, 0.3) is 22.0 Å². The first-order valence-corrected chi connectivity index (χ1v) is 10.1. The molecule has 2 heterocycles. The lowest BCUT2D eigenvalue weighted by Gasteiger charge is -2.20. The molecule has 0 aliphatic carbocycles. The fraction of sp³-hybridized carbons (Fsp3) is 0.318. The lowest BCUT2D eigenvalue weighted by molar-refractivity contribution is 0.264. The summed E-state index contributed by atoms with van der Waals surface area (Å²) in [5, 5.41) is 1.64. The van der Waals surface area contributed by atoms with Crippen LogP contribution in [0.2, 0.25) is 0 Å². The predicted molar refractivity (Wildman–Crippen MR) is 115 cm³/mol. The van der Waals surface area contributed by atoms with E-state index in [1.54, 1.807) is 0 Å². The van der Waals surface area contributed by atoms with Gasteiger partial charge in [0.1, 0.15) is 0 Å². The number of H-pyrrole nitrogens is 1. The molecule has 0 saturated carbocycles. The van der Waals surface area contributed by atoms with Gasteiger partial charge in [0.2, 0.25) is 0 Å².